The van der Waals surface area contributed by atoms with Crippen molar-refractivity contribution in [2.45, 2.75) is 37.3 Å². The van der Waals surface area contributed by atoms with E-state index in [-0.39, 0.29) is 0 Å². The lowest BCUT2D eigenvalue weighted by atomic mass is 10.3. The summed E-state index contributed by atoms with van der Waals surface area (Å²) in [5.74, 6) is 0. The Labute approximate surface area is 105 Å². The van der Waals surface area contributed by atoms with Gasteiger partial charge in [0.05, 0.1) is 0 Å². The highest BCUT2D eigenvalue weighted by Gasteiger charge is 2.29. The first-order chi connectivity index (χ1) is 7.45. The largest absolute Gasteiger partial charge is 0.379 e. The summed E-state index contributed by atoms with van der Waals surface area (Å²) in [6.45, 7) is 9.51. The topological polar surface area (TPSA) is 3.24 Å². The minimum atomic E-state index is -0.876. The number of hydrogen-bond donors (Lipinski definition) is 0. The summed E-state index contributed by atoms with van der Waals surface area (Å²) in [6.07, 6.45) is 0. The first-order valence-electron chi connectivity index (χ1n) is 6.21. The molecule has 0 saturated heterocycles. The maximum Gasteiger partial charge on any atom is 0.314 e. The number of anilines is 1. The fourth-order valence-corrected chi connectivity index (χ4v) is 6.67. The van der Waals surface area contributed by atoms with E-state index in [2.05, 4.69) is 71.0 Å². The second-order valence-corrected chi connectivity index (χ2v) is 9.81. The summed E-state index contributed by atoms with van der Waals surface area (Å²) >= 11 is -0.876. The van der Waals surface area contributed by atoms with Gasteiger partial charge < -0.3 is 4.90 Å². The van der Waals surface area contributed by atoms with Crippen LogP contribution in [0.5, 0.6) is 0 Å². The highest BCUT2D eigenvalue weighted by atomic mass is 27.2. The molecule has 0 aliphatic heterocycles. The molecule has 16 heavy (non-hydrogen) atoms. The standard InChI is InChI=1S/C8H10N.2C3H7.Al/c1-9(2)8-6-4-3-5-7-8;2*1-3-2;/h3-6H,1-2H3;2*3H,1-2H3;. The third-order valence-electron chi connectivity index (χ3n) is 3.21. The van der Waals surface area contributed by atoms with E-state index in [1.54, 1.807) is 4.43 Å². The van der Waals surface area contributed by atoms with Crippen LogP contribution in [0, 0.1) is 0 Å². The van der Waals surface area contributed by atoms with Crippen LogP contribution >= 0.6 is 0 Å². The van der Waals surface area contributed by atoms with E-state index < -0.39 is 14.1 Å². The van der Waals surface area contributed by atoms with E-state index in [4.69, 9.17) is 0 Å². The minimum absolute atomic E-state index is 0.820. The van der Waals surface area contributed by atoms with E-state index in [9.17, 15) is 0 Å². The molecule has 0 aliphatic carbocycles. The van der Waals surface area contributed by atoms with Gasteiger partial charge >= 0.3 is 14.1 Å². The third kappa shape index (κ3) is 3.03. The van der Waals surface area contributed by atoms with Gasteiger partial charge in [0.25, 0.3) is 0 Å². The molecular formula is C14H24AlN. The fraction of sp³-hybridized carbons (Fsp3) is 0.571. The molecule has 0 fully saturated rings. The molecule has 0 saturated carbocycles. The Morgan fingerprint density at radius 2 is 1.44 bits per heavy atom. The molecule has 0 bridgehead atoms. The van der Waals surface area contributed by atoms with Crippen molar-refractivity contribution in [3.63, 3.8) is 0 Å². The molecule has 0 amide bonds. The highest BCUT2D eigenvalue weighted by molar-refractivity contribution is 6.77. The lowest BCUT2D eigenvalue weighted by Gasteiger charge is -2.25. The van der Waals surface area contributed by atoms with Crippen molar-refractivity contribution in [2.75, 3.05) is 19.0 Å². The molecule has 0 spiro atoms. The second-order valence-electron chi connectivity index (χ2n) is 5.47. The molecule has 0 atom stereocenters. The van der Waals surface area contributed by atoms with Crippen molar-refractivity contribution < 1.29 is 0 Å². The zero-order valence-corrected chi connectivity index (χ0v) is 12.6. The molecule has 1 rings (SSSR count). The SMILES string of the molecule is C[CH](C)[Al]([c]1ccccc1N(C)C)[CH](C)C. The van der Waals surface area contributed by atoms with E-state index in [1.807, 2.05) is 0 Å². The van der Waals surface area contributed by atoms with Crippen LogP contribution in [0.4, 0.5) is 5.69 Å². The number of nitrogens with zero attached hydrogens (tertiary/aromatic N) is 1. The van der Waals surface area contributed by atoms with Gasteiger partial charge in [-0.1, -0.05) is 59.9 Å². The normalized spacial score (nSPS) is 11.0. The van der Waals surface area contributed by atoms with Crippen LogP contribution in [0.1, 0.15) is 27.7 Å². The Kier molecular flexibility index (Phi) is 4.90. The number of hydrogen-bond acceptors (Lipinski definition) is 1. The Bertz CT molecular complexity index is 323. The van der Waals surface area contributed by atoms with Crippen LogP contribution in [0.3, 0.4) is 0 Å². The molecule has 0 radical (unpaired) electrons. The molecule has 88 valence electrons. The van der Waals surface area contributed by atoms with Gasteiger partial charge in [-0.3, -0.25) is 0 Å². The maximum atomic E-state index is 2.38. The average Bonchev–Trinajstić information content (AvgIpc) is 2.17. The van der Waals surface area contributed by atoms with Gasteiger partial charge in [0.2, 0.25) is 0 Å². The number of rotatable bonds is 4. The number of benzene rings is 1. The van der Waals surface area contributed by atoms with E-state index in [0.29, 0.717) is 0 Å². The van der Waals surface area contributed by atoms with E-state index in [1.165, 1.54) is 5.69 Å². The molecule has 1 nitrogen and oxygen atoms in total. The van der Waals surface area contributed by atoms with Gasteiger partial charge in [0, 0.05) is 19.8 Å². The van der Waals surface area contributed by atoms with Gasteiger partial charge in [-0.2, -0.15) is 0 Å². The monoisotopic (exact) mass is 233 g/mol. The quantitative estimate of drug-likeness (QED) is 0.721. The molecule has 0 heterocycles. The van der Waals surface area contributed by atoms with Crippen molar-refractivity contribution in [1.82, 2.24) is 0 Å². The predicted molar refractivity (Wildman–Crippen MR) is 76.4 cm³/mol. The van der Waals surface area contributed by atoms with Crippen molar-refractivity contribution in [1.29, 1.82) is 0 Å². The van der Waals surface area contributed by atoms with Crippen LogP contribution in [0.25, 0.3) is 0 Å². The van der Waals surface area contributed by atoms with Crippen LogP contribution in [-0.4, -0.2) is 28.2 Å². The zero-order valence-electron chi connectivity index (χ0n) is 11.5. The van der Waals surface area contributed by atoms with E-state index >= 15 is 0 Å². The van der Waals surface area contributed by atoms with Crippen molar-refractivity contribution in [2.24, 2.45) is 0 Å². The summed E-state index contributed by atoms with van der Waals surface area (Å²) < 4.78 is 3.26. The van der Waals surface area contributed by atoms with Crippen molar-refractivity contribution in [3.05, 3.63) is 24.3 Å². The Morgan fingerprint density at radius 1 is 0.938 bits per heavy atom. The summed E-state index contributed by atoms with van der Waals surface area (Å²) in [6, 6.07) is 8.92. The smallest absolute Gasteiger partial charge is 0.314 e. The van der Waals surface area contributed by atoms with E-state index in [0.717, 1.165) is 9.56 Å². The van der Waals surface area contributed by atoms with Crippen molar-refractivity contribution >= 4 is 24.3 Å². The van der Waals surface area contributed by atoms with Gasteiger partial charge in [-0.25, -0.2) is 0 Å². The van der Waals surface area contributed by atoms with Crippen LogP contribution in [-0.2, 0) is 0 Å². The molecule has 2 heteroatoms. The van der Waals surface area contributed by atoms with Gasteiger partial charge in [-0.05, 0) is 6.07 Å². The second kappa shape index (κ2) is 5.75. The number of para-hydroxylation sites is 1. The summed E-state index contributed by atoms with van der Waals surface area (Å²) in [7, 11) is 4.29. The summed E-state index contributed by atoms with van der Waals surface area (Å²) in [5.41, 5.74) is 1.42. The Morgan fingerprint density at radius 3 is 1.88 bits per heavy atom. The first-order valence-corrected chi connectivity index (χ1v) is 8.12. The summed E-state index contributed by atoms with van der Waals surface area (Å²) in [5, 5.41) is 0. The molecule has 0 N–H and O–H groups in total. The van der Waals surface area contributed by atoms with Crippen LogP contribution in [0.2, 0.25) is 9.56 Å². The molecule has 1 aromatic rings. The molecule has 0 aliphatic rings. The zero-order chi connectivity index (χ0) is 12.3. The Hall–Kier alpha value is -0.448. The van der Waals surface area contributed by atoms with Crippen molar-refractivity contribution in [3.8, 4) is 0 Å². The predicted octanol–water partition coefficient (Wildman–Crippen LogP) is 3.27. The fourth-order valence-electron chi connectivity index (χ4n) is 2.66. The van der Waals surface area contributed by atoms with Gasteiger partial charge in [0.15, 0.2) is 0 Å². The lowest BCUT2D eigenvalue weighted by molar-refractivity contribution is 0.950. The minimum Gasteiger partial charge on any atom is -0.379 e. The molecule has 0 aromatic heterocycles. The Balaban J connectivity index is 3.18. The van der Waals surface area contributed by atoms with Gasteiger partial charge in [0.1, 0.15) is 0 Å². The van der Waals surface area contributed by atoms with Crippen LogP contribution < -0.4 is 9.33 Å². The molecule has 1 aromatic carbocycles. The average molecular weight is 233 g/mol. The maximum absolute atomic E-state index is 2.38. The first kappa shape index (κ1) is 13.6. The molecular weight excluding hydrogens is 209 g/mol. The lowest BCUT2D eigenvalue weighted by Crippen LogP contribution is -2.39. The molecule has 0 unspecified atom stereocenters. The third-order valence-corrected chi connectivity index (χ3v) is 7.29. The summed E-state index contributed by atoms with van der Waals surface area (Å²) in [4.78, 5) is 2.25. The van der Waals surface area contributed by atoms with Crippen LogP contribution in [0.15, 0.2) is 24.3 Å². The van der Waals surface area contributed by atoms with Gasteiger partial charge in [-0.15, -0.1) is 0 Å². The highest BCUT2D eigenvalue weighted by Crippen LogP contribution is 2.23.